The minimum absolute atomic E-state index is 0.258. The molecule has 6 heteroatoms. The molecule has 0 fully saturated rings. The van der Waals surface area contributed by atoms with Crippen molar-refractivity contribution in [2.45, 2.75) is 6.92 Å². The summed E-state index contributed by atoms with van der Waals surface area (Å²) in [6, 6.07) is 14.0. The number of aryl methyl sites for hydroxylation is 1. The highest BCUT2D eigenvalue weighted by atomic mass is 19.1. The van der Waals surface area contributed by atoms with Crippen LogP contribution in [0.4, 0.5) is 31.9 Å². The standard InChI is InChI=1S/C17H14F2N4/c1-11-9-16(21-13-6-4-5-12(18)10-13)23-17(20-11)22-15-8-3-2-7-14(15)19/h2-10H,1H3,(H2,20,21,22,23). The average molecular weight is 312 g/mol. The van der Waals surface area contributed by atoms with Crippen LogP contribution in [0.2, 0.25) is 0 Å². The van der Waals surface area contributed by atoms with E-state index in [1.54, 1.807) is 43.3 Å². The van der Waals surface area contributed by atoms with Crippen molar-refractivity contribution in [3.63, 3.8) is 0 Å². The van der Waals surface area contributed by atoms with Gasteiger partial charge < -0.3 is 10.6 Å². The zero-order chi connectivity index (χ0) is 16.2. The molecule has 116 valence electrons. The van der Waals surface area contributed by atoms with Crippen LogP contribution in [0.15, 0.2) is 54.6 Å². The molecule has 0 aliphatic heterocycles. The number of nitrogens with zero attached hydrogens (tertiary/aromatic N) is 2. The van der Waals surface area contributed by atoms with Gasteiger partial charge in [0.2, 0.25) is 5.95 Å². The summed E-state index contributed by atoms with van der Waals surface area (Å²) >= 11 is 0. The van der Waals surface area contributed by atoms with Gasteiger partial charge in [0.15, 0.2) is 0 Å². The molecule has 0 aliphatic rings. The van der Waals surface area contributed by atoms with E-state index in [0.29, 0.717) is 17.2 Å². The molecule has 0 spiro atoms. The lowest BCUT2D eigenvalue weighted by molar-refractivity contribution is 0.628. The minimum Gasteiger partial charge on any atom is -0.340 e. The molecule has 0 saturated heterocycles. The molecule has 0 bridgehead atoms. The maximum absolute atomic E-state index is 13.7. The van der Waals surface area contributed by atoms with Crippen molar-refractivity contribution < 1.29 is 8.78 Å². The van der Waals surface area contributed by atoms with Crippen LogP contribution in [0.25, 0.3) is 0 Å². The Morgan fingerprint density at radius 1 is 0.870 bits per heavy atom. The number of hydrogen-bond acceptors (Lipinski definition) is 4. The third kappa shape index (κ3) is 3.79. The van der Waals surface area contributed by atoms with Crippen molar-refractivity contribution in [2.75, 3.05) is 10.6 Å². The Bertz CT molecular complexity index is 836. The number of anilines is 4. The second kappa shape index (κ2) is 6.39. The van der Waals surface area contributed by atoms with Crippen molar-refractivity contribution in [3.8, 4) is 0 Å². The molecule has 23 heavy (non-hydrogen) atoms. The summed E-state index contributed by atoms with van der Waals surface area (Å²) in [4.78, 5) is 8.50. The maximum Gasteiger partial charge on any atom is 0.229 e. The first-order valence-corrected chi connectivity index (χ1v) is 7.00. The van der Waals surface area contributed by atoms with Crippen molar-refractivity contribution in [2.24, 2.45) is 0 Å². The third-order valence-electron chi connectivity index (χ3n) is 3.07. The predicted molar refractivity (Wildman–Crippen MR) is 86.1 cm³/mol. The fraction of sp³-hybridized carbons (Fsp3) is 0.0588. The van der Waals surface area contributed by atoms with E-state index in [2.05, 4.69) is 20.6 Å². The summed E-state index contributed by atoms with van der Waals surface area (Å²) in [6.07, 6.45) is 0. The van der Waals surface area contributed by atoms with Crippen molar-refractivity contribution in [1.82, 2.24) is 9.97 Å². The number of rotatable bonds is 4. The van der Waals surface area contributed by atoms with Gasteiger partial charge in [0.25, 0.3) is 0 Å². The number of nitrogens with one attached hydrogen (secondary N) is 2. The molecule has 3 rings (SSSR count). The van der Waals surface area contributed by atoms with Gasteiger partial charge in [-0.1, -0.05) is 18.2 Å². The van der Waals surface area contributed by atoms with E-state index in [0.717, 1.165) is 0 Å². The fourth-order valence-electron chi connectivity index (χ4n) is 2.09. The van der Waals surface area contributed by atoms with Crippen LogP contribution < -0.4 is 10.6 Å². The molecule has 0 saturated carbocycles. The van der Waals surface area contributed by atoms with Crippen LogP contribution in [0, 0.1) is 18.6 Å². The summed E-state index contributed by atoms with van der Waals surface area (Å²) < 4.78 is 26.9. The Hall–Kier alpha value is -3.02. The minimum atomic E-state index is -0.391. The van der Waals surface area contributed by atoms with E-state index >= 15 is 0 Å². The molecule has 1 aromatic heterocycles. The summed E-state index contributed by atoms with van der Waals surface area (Å²) in [7, 11) is 0. The summed E-state index contributed by atoms with van der Waals surface area (Å²) in [5.74, 6) is 0.0127. The Labute approximate surface area is 132 Å². The Balaban J connectivity index is 1.86. The van der Waals surface area contributed by atoms with E-state index in [4.69, 9.17) is 0 Å². The zero-order valence-electron chi connectivity index (χ0n) is 12.3. The molecule has 4 nitrogen and oxygen atoms in total. The van der Waals surface area contributed by atoms with Gasteiger partial charge in [-0.15, -0.1) is 0 Å². The molecule has 3 aromatic rings. The summed E-state index contributed by atoms with van der Waals surface area (Å²) in [5, 5.41) is 5.84. The first-order valence-electron chi connectivity index (χ1n) is 7.00. The van der Waals surface area contributed by atoms with Crippen LogP contribution in [-0.2, 0) is 0 Å². The Morgan fingerprint density at radius 3 is 2.48 bits per heavy atom. The van der Waals surface area contributed by atoms with E-state index in [-0.39, 0.29) is 17.5 Å². The smallest absolute Gasteiger partial charge is 0.229 e. The molecular weight excluding hydrogens is 298 g/mol. The van der Waals surface area contributed by atoms with Gasteiger partial charge in [0, 0.05) is 17.4 Å². The molecule has 0 amide bonds. The van der Waals surface area contributed by atoms with E-state index < -0.39 is 5.82 Å². The molecular formula is C17H14F2N4. The lowest BCUT2D eigenvalue weighted by Gasteiger charge is -2.10. The zero-order valence-corrected chi connectivity index (χ0v) is 12.3. The quantitative estimate of drug-likeness (QED) is 0.742. The highest BCUT2D eigenvalue weighted by Crippen LogP contribution is 2.21. The lowest BCUT2D eigenvalue weighted by Crippen LogP contribution is -2.03. The number of aromatic nitrogens is 2. The average Bonchev–Trinajstić information content (AvgIpc) is 2.49. The second-order valence-electron chi connectivity index (χ2n) is 4.96. The van der Waals surface area contributed by atoms with Crippen molar-refractivity contribution in [3.05, 3.63) is 71.9 Å². The van der Waals surface area contributed by atoms with Crippen LogP contribution >= 0.6 is 0 Å². The number of halogens is 2. The first kappa shape index (κ1) is 14.9. The van der Waals surface area contributed by atoms with Gasteiger partial charge in [-0.05, 0) is 37.3 Å². The Morgan fingerprint density at radius 2 is 1.70 bits per heavy atom. The highest BCUT2D eigenvalue weighted by molar-refractivity contribution is 5.60. The van der Waals surface area contributed by atoms with Gasteiger partial charge in [-0.3, -0.25) is 0 Å². The third-order valence-corrected chi connectivity index (χ3v) is 3.07. The first-order chi connectivity index (χ1) is 11.1. The highest BCUT2D eigenvalue weighted by Gasteiger charge is 2.06. The SMILES string of the molecule is Cc1cc(Nc2cccc(F)c2)nc(Nc2ccccc2F)n1. The number of hydrogen-bond donors (Lipinski definition) is 2. The summed E-state index contributed by atoms with van der Waals surface area (Å²) in [6.45, 7) is 1.80. The molecule has 0 atom stereocenters. The lowest BCUT2D eigenvalue weighted by atomic mass is 10.3. The fourth-order valence-corrected chi connectivity index (χ4v) is 2.09. The predicted octanol–water partition coefficient (Wildman–Crippen LogP) is 4.55. The summed E-state index contributed by atoms with van der Waals surface area (Å²) in [5.41, 5.74) is 1.55. The number of para-hydroxylation sites is 1. The second-order valence-corrected chi connectivity index (χ2v) is 4.96. The van der Waals surface area contributed by atoms with Crippen molar-refractivity contribution >= 4 is 23.1 Å². The molecule has 1 heterocycles. The van der Waals surface area contributed by atoms with Gasteiger partial charge in [-0.25, -0.2) is 13.8 Å². The largest absolute Gasteiger partial charge is 0.340 e. The molecule has 2 N–H and O–H groups in total. The van der Waals surface area contributed by atoms with Crippen LogP contribution in [0.1, 0.15) is 5.69 Å². The van der Waals surface area contributed by atoms with Crippen molar-refractivity contribution in [1.29, 1.82) is 0 Å². The van der Waals surface area contributed by atoms with Gasteiger partial charge >= 0.3 is 0 Å². The van der Waals surface area contributed by atoms with Gasteiger partial charge in [0.1, 0.15) is 17.5 Å². The van der Waals surface area contributed by atoms with Gasteiger partial charge in [0.05, 0.1) is 5.69 Å². The van der Waals surface area contributed by atoms with Crippen LogP contribution in [-0.4, -0.2) is 9.97 Å². The van der Waals surface area contributed by atoms with E-state index in [1.165, 1.54) is 18.2 Å². The van der Waals surface area contributed by atoms with Crippen LogP contribution in [0.5, 0.6) is 0 Å². The molecule has 0 radical (unpaired) electrons. The molecule has 0 aliphatic carbocycles. The topological polar surface area (TPSA) is 49.8 Å². The van der Waals surface area contributed by atoms with Gasteiger partial charge in [-0.2, -0.15) is 4.98 Å². The number of benzene rings is 2. The normalized spacial score (nSPS) is 10.4. The molecule has 2 aromatic carbocycles. The van der Waals surface area contributed by atoms with Crippen LogP contribution in [0.3, 0.4) is 0 Å². The monoisotopic (exact) mass is 312 g/mol. The van der Waals surface area contributed by atoms with E-state index in [1.807, 2.05) is 0 Å². The Kier molecular flexibility index (Phi) is 4.14. The molecule has 0 unspecified atom stereocenters. The maximum atomic E-state index is 13.7. The van der Waals surface area contributed by atoms with E-state index in [9.17, 15) is 8.78 Å².